The highest BCUT2D eigenvalue weighted by Gasteiger charge is 2.26. The zero-order chi connectivity index (χ0) is 22.0. The predicted octanol–water partition coefficient (Wildman–Crippen LogP) is 4.16. The number of ether oxygens (including phenoxy) is 1. The van der Waals surface area contributed by atoms with Crippen molar-refractivity contribution in [3.8, 4) is 0 Å². The summed E-state index contributed by atoms with van der Waals surface area (Å²) in [5.74, 6) is 0.544. The minimum Gasteiger partial charge on any atom is -0.376 e. The summed E-state index contributed by atoms with van der Waals surface area (Å²) < 4.78 is 7.61. The van der Waals surface area contributed by atoms with E-state index in [2.05, 4.69) is 19.2 Å². The van der Waals surface area contributed by atoms with Crippen LogP contribution in [0.2, 0.25) is 0 Å². The predicted molar refractivity (Wildman–Crippen MR) is 127 cm³/mol. The van der Waals surface area contributed by atoms with Gasteiger partial charge in [-0.25, -0.2) is 4.98 Å². The number of nitrogens with zero attached hydrogens (tertiary/aromatic N) is 2. The van der Waals surface area contributed by atoms with Crippen LogP contribution in [0.5, 0.6) is 0 Å². The fraction of sp³-hybridized carbons (Fsp3) is 0.696. The number of aryl methyl sites for hydroxylation is 2. The van der Waals surface area contributed by atoms with Crippen LogP contribution in [0.25, 0.3) is 10.2 Å². The summed E-state index contributed by atoms with van der Waals surface area (Å²) in [6.07, 6.45) is 7.31. The van der Waals surface area contributed by atoms with E-state index in [0.717, 1.165) is 55.3 Å². The van der Waals surface area contributed by atoms with Gasteiger partial charge in [-0.2, -0.15) is 0 Å². The van der Waals surface area contributed by atoms with E-state index < -0.39 is 0 Å². The Balaban J connectivity index is 1.64. The van der Waals surface area contributed by atoms with Crippen LogP contribution >= 0.6 is 23.1 Å². The molecule has 1 amide bonds. The Morgan fingerprint density at radius 3 is 2.84 bits per heavy atom. The van der Waals surface area contributed by atoms with Crippen LogP contribution < -0.4 is 10.9 Å². The fourth-order valence-electron chi connectivity index (χ4n) is 4.30. The monoisotopic (exact) mass is 463 g/mol. The van der Waals surface area contributed by atoms with Gasteiger partial charge in [0, 0.05) is 18.0 Å². The molecule has 1 N–H and O–H groups in total. The van der Waals surface area contributed by atoms with E-state index in [9.17, 15) is 9.59 Å². The topological polar surface area (TPSA) is 73.2 Å². The third-order valence-electron chi connectivity index (χ3n) is 6.12. The van der Waals surface area contributed by atoms with Gasteiger partial charge in [-0.15, -0.1) is 11.3 Å². The van der Waals surface area contributed by atoms with E-state index in [4.69, 9.17) is 9.72 Å². The molecular weight excluding hydrogens is 430 g/mol. The van der Waals surface area contributed by atoms with Crippen molar-refractivity contribution < 1.29 is 9.53 Å². The molecule has 31 heavy (non-hydrogen) atoms. The van der Waals surface area contributed by atoms with Gasteiger partial charge in [-0.1, -0.05) is 25.6 Å². The number of thiophene rings is 1. The Morgan fingerprint density at radius 2 is 2.10 bits per heavy atom. The van der Waals surface area contributed by atoms with Gasteiger partial charge in [-0.05, 0) is 63.4 Å². The van der Waals surface area contributed by atoms with Crippen molar-refractivity contribution in [1.29, 1.82) is 0 Å². The maximum absolute atomic E-state index is 13.6. The maximum Gasteiger partial charge on any atom is 0.263 e. The van der Waals surface area contributed by atoms with Crippen molar-refractivity contribution in [1.82, 2.24) is 14.9 Å². The highest BCUT2D eigenvalue weighted by Crippen LogP contribution is 2.35. The first-order chi connectivity index (χ1) is 14.9. The minimum atomic E-state index is -0.318. The fourth-order valence-corrected chi connectivity index (χ4v) is 6.55. The third-order valence-corrected chi connectivity index (χ3v) is 8.40. The lowest BCUT2D eigenvalue weighted by atomic mass is 9.97. The molecule has 1 aliphatic carbocycles. The molecular formula is C23H33N3O3S2. The second-order valence-electron chi connectivity index (χ2n) is 9.07. The first kappa shape index (κ1) is 22.8. The molecule has 2 aromatic rings. The summed E-state index contributed by atoms with van der Waals surface area (Å²) in [7, 11) is 0. The first-order valence-corrected chi connectivity index (χ1v) is 13.2. The van der Waals surface area contributed by atoms with Gasteiger partial charge >= 0.3 is 0 Å². The van der Waals surface area contributed by atoms with Crippen LogP contribution in [0.3, 0.4) is 0 Å². The lowest BCUT2D eigenvalue weighted by Crippen LogP contribution is -2.34. The average molecular weight is 464 g/mol. The van der Waals surface area contributed by atoms with E-state index in [1.54, 1.807) is 15.9 Å². The number of aromatic nitrogens is 2. The quantitative estimate of drug-likeness (QED) is 0.470. The van der Waals surface area contributed by atoms with Crippen LogP contribution in [0.15, 0.2) is 9.95 Å². The van der Waals surface area contributed by atoms with E-state index in [0.29, 0.717) is 24.2 Å². The number of amides is 1. The van der Waals surface area contributed by atoms with Crippen LogP contribution in [-0.2, 0) is 28.9 Å². The first-order valence-electron chi connectivity index (χ1n) is 11.5. The number of nitrogens with one attached hydrogen (secondary N) is 1. The standard InChI is InChI=1S/C23H33N3O3S2/c1-14(2)10-11-24-20(27)15(3)30-23-25-21-19(17-8-4-5-9-18(17)31-21)22(28)26(23)13-16-7-6-12-29-16/h14-16H,4-13H2,1-3H3,(H,24,27). The van der Waals surface area contributed by atoms with Crippen molar-refractivity contribution in [2.45, 2.75) is 88.8 Å². The highest BCUT2D eigenvalue weighted by atomic mass is 32.2. The Labute approximate surface area is 192 Å². The highest BCUT2D eigenvalue weighted by molar-refractivity contribution is 8.00. The molecule has 0 aromatic carbocycles. The van der Waals surface area contributed by atoms with E-state index in [1.165, 1.54) is 28.6 Å². The van der Waals surface area contributed by atoms with Crippen LogP contribution in [-0.4, -0.2) is 40.0 Å². The number of fused-ring (bicyclic) bond motifs is 3. The summed E-state index contributed by atoms with van der Waals surface area (Å²) in [6, 6.07) is 0. The number of carbonyl (C=O) groups is 1. The summed E-state index contributed by atoms with van der Waals surface area (Å²) in [6.45, 7) is 8.12. The molecule has 3 heterocycles. The molecule has 2 aromatic heterocycles. The van der Waals surface area contributed by atoms with Gasteiger partial charge in [0.15, 0.2) is 5.16 Å². The Morgan fingerprint density at radius 1 is 1.29 bits per heavy atom. The van der Waals surface area contributed by atoms with Gasteiger partial charge in [0.1, 0.15) is 4.83 Å². The molecule has 6 nitrogen and oxygen atoms in total. The minimum absolute atomic E-state index is 0.00543. The average Bonchev–Trinajstić information content (AvgIpc) is 3.37. The normalized spacial score (nSPS) is 19.7. The smallest absolute Gasteiger partial charge is 0.263 e. The maximum atomic E-state index is 13.6. The summed E-state index contributed by atoms with van der Waals surface area (Å²) in [5, 5.41) is 4.14. The van der Waals surface area contributed by atoms with Crippen LogP contribution in [0, 0.1) is 5.92 Å². The van der Waals surface area contributed by atoms with Crippen LogP contribution in [0.1, 0.15) is 63.3 Å². The molecule has 1 aliphatic heterocycles. The number of hydrogen-bond donors (Lipinski definition) is 1. The zero-order valence-corrected chi connectivity index (χ0v) is 20.4. The number of carbonyl (C=O) groups excluding carboxylic acids is 1. The molecule has 0 bridgehead atoms. The van der Waals surface area contributed by atoms with Gasteiger partial charge in [-0.3, -0.25) is 14.2 Å². The van der Waals surface area contributed by atoms with Crippen molar-refractivity contribution in [3.05, 3.63) is 20.8 Å². The molecule has 0 spiro atoms. The Kier molecular flexibility index (Phi) is 7.39. The van der Waals surface area contributed by atoms with Crippen molar-refractivity contribution in [3.63, 3.8) is 0 Å². The molecule has 2 atom stereocenters. The SMILES string of the molecule is CC(C)CCNC(=O)C(C)Sc1nc2sc3c(c2c(=O)n1CC1CCCO1)CCCC3. The van der Waals surface area contributed by atoms with E-state index >= 15 is 0 Å². The van der Waals surface area contributed by atoms with Crippen molar-refractivity contribution in [2.75, 3.05) is 13.2 Å². The largest absolute Gasteiger partial charge is 0.376 e. The lowest BCUT2D eigenvalue weighted by molar-refractivity contribution is -0.120. The zero-order valence-electron chi connectivity index (χ0n) is 18.7. The summed E-state index contributed by atoms with van der Waals surface area (Å²) >= 11 is 3.05. The number of thioether (sulfide) groups is 1. The second kappa shape index (κ2) is 10.0. The lowest BCUT2D eigenvalue weighted by Gasteiger charge is -2.18. The van der Waals surface area contributed by atoms with Gasteiger partial charge in [0.2, 0.25) is 5.91 Å². The summed E-state index contributed by atoms with van der Waals surface area (Å²) in [5.41, 5.74) is 1.25. The molecule has 2 aliphatic rings. The third kappa shape index (κ3) is 5.17. The van der Waals surface area contributed by atoms with Crippen molar-refractivity contribution >= 4 is 39.2 Å². The summed E-state index contributed by atoms with van der Waals surface area (Å²) in [4.78, 5) is 33.3. The number of hydrogen-bond acceptors (Lipinski definition) is 6. The Bertz CT molecular complexity index is 992. The Hall–Kier alpha value is -1.38. The van der Waals surface area contributed by atoms with Gasteiger partial charge < -0.3 is 10.1 Å². The molecule has 1 saturated heterocycles. The molecule has 0 radical (unpaired) electrons. The van der Waals surface area contributed by atoms with Crippen molar-refractivity contribution in [2.24, 2.45) is 5.92 Å². The molecule has 4 rings (SSSR count). The molecule has 170 valence electrons. The van der Waals surface area contributed by atoms with E-state index in [-0.39, 0.29) is 22.8 Å². The molecule has 2 unspecified atom stereocenters. The molecule has 8 heteroatoms. The number of rotatable bonds is 8. The second-order valence-corrected chi connectivity index (χ2v) is 11.5. The molecule has 0 saturated carbocycles. The van der Waals surface area contributed by atoms with Gasteiger partial charge in [0.05, 0.1) is 23.3 Å². The van der Waals surface area contributed by atoms with E-state index in [1.807, 2.05) is 6.92 Å². The molecule has 1 fully saturated rings. The van der Waals surface area contributed by atoms with Gasteiger partial charge in [0.25, 0.3) is 5.56 Å². The van der Waals surface area contributed by atoms with Crippen LogP contribution in [0.4, 0.5) is 0 Å².